The lowest BCUT2D eigenvalue weighted by molar-refractivity contribution is 0.173. The molecule has 4 nitrogen and oxygen atoms in total. The fourth-order valence-corrected chi connectivity index (χ4v) is 2.70. The van der Waals surface area contributed by atoms with Gasteiger partial charge in [0.2, 0.25) is 0 Å². The average Bonchev–Trinajstić information content (AvgIpc) is 2.41. The summed E-state index contributed by atoms with van der Waals surface area (Å²) in [6, 6.07) is 7.78. The van der Waals surface area contributed by atoms with Crippen LogP contribution in [0.2, 0.25) is 0 Å². The minimum Gasteiger partial charge on any atom is -0.506 e. The van der Waals surface area contributed by atoms with Gasteiger partial charge in [-0.1, -0.05) is 12.1 Å². The van der Waals surface area contributed by atoms with Gasteiger partial charge >= 0.3 is 0 Å². The summed E-state index contributed by atoms with van der Waals surface area (Å²) in [5.74, 6) is 0.247. The fourth-order valence-electron chi connectivity index (χ4n) is 2.32. The number of nitrogens with zero attached hydrogens (tertiary/aromatic N) is 2. The zero-order chi connectivity index (χ0) is 13.0. The molecule has 0 unspecified atom stereocenters. The number of rotatable bonds is 3. The smallest absolute Gasteiger partial charge is 0.134 e. The number of nitrogens with one attached hydrogen (secondary N) is 1. The zero-order valence-corrected chi connectivity index (χ0v) is 11.7. The Morgan fingerprint density at radius 2 is 2.17 bits per heavy atom. The molecule has 5 heteroatoms. The molecular weight excluding hydrogens is 294 g/mol. The number of nitriles is 1. The molecule has 0 bridgehead atoms. The fraction of sp³-hybridized carbons (Fsp3) is 0.462. The quantitative estimate of drug-likeness (QED) is 0.897. The summed E-state index contributed by atoms with van der Waals surface area (Å²) in [7, 11) is 0. The van der Waals surface area contributed by atoms with Crippen LogP contribution in [0.5, 0.6) is 5.75 Å². The van der Waals surface area contributed by atoms with Crippen LogP contribution < -0.4 is 5.32 Å². The van der Waals surface area contributed by atoms with Crippen molar-refractivity contribution in [3.05, 3.63) is 28.2 Å². The van der Waals surface area contributed by atoms with E-state index in [-0.39, 0.29) is 11.8 Å². The van der Waals surface area contributed by atoms with Gasteiger partial charge in [0, 0.05) is 31.7 Å². The summed E-state index contributed by atoms with van der Waals surface area (Å²) in [4.78, 5) is 2.25. The first kappa shape index (κ1) is 13.3. The van der Waals surface area contributed by atoms with Gasteiger partial charge in [0.15, 0.2) is 0 Å². The van der Waals surface area contributed by atoms with E-state index in [0.717, 1.165) is 31.7 Å². The van der Waals surface area contributed by atoms with Crippen molar-refractivity contribution in [2.75, 3.05) is 26.2 Å². The van der Waals surface area contributed by atoms with Crippen LogP contribution in [0.1, 0.15) is 18.0 Å². The number of piperazine rings is 1. The summed E-state index contributed by atoms with van der Waals surface area (Å²) >= 11 is 3.33. The molecule has 1 aromatic rings. The summed E-state index contributed by atoms with van der Waals surface area (Å²) in [6.45, 7) is 3.66. The third-order valence-corrected chi connectivity index (χ3v) is 3.89. The van der Waals surface area contributed by atoms with Crippen molar-refractivity contribution < 1.29 is 5.11 Å². The molecule has 18 heavy (non-hydrogen) atoms. The van der Waals surface area contributed by atoms with Crippen molar-refractivity contribution in [1.82, 2.24) is 10.2 Å². The van der Waals surface area contributed by atoms with Crippen LogP contribution >= 0.6 is 15.9 Å². The number of phenolic OH excluding ortho intramolecular Hbond substituents is 1. The van der Waals surface area contributed by atoms with E-state index in [4.69, 9.17) is 5.26 Å². The highest BCUT2D eigenvalue weighted by atomic mass is 79.9. The van der Waals surface area contributed by atoms with E-state index >= 15 is 0 Å². The van der Waals surface area contributed by atoms with Crippen LogP contribution in [0.25, 0.3) is 0 Å². The van der Waals surface area contributed by atoms with Crippen LogP contribution in [-0.2, 0) is 0 Å². The monoisotopic (exact) mass is 309 g/mol. The number of halogens is 1. The lowest BCUT2D eigenvalue weighted by Crippen LogP contribution is -2.45. The molecule has 96 valence electrons. The number of hydrogen-bond donors (Lipinski definition) is 2. The van der Waals surface area contributed by atoms with E-state index in [1.54, 1.807) is 6.07 Å². The highest BCUT2D eigenvalue weighted by molar-refractivity contribution is 9.10. The molecule has 1 atom stereocenters. The lowest BCUT2D eigenvalue weighted by atomic mass is 10.0. The third kappa shape index (κ3) is 2.83. The van der Waals surface area contributed by atoms with Crippen LogP contribution in [0.15, 0.2) is 22.7 Å². The number of aromatic hydroxyl groups is 1. The van der Waals surface area contributed by atoms with Gasteiger partial charge in [-0.2, -0.15) is 5.26 Å². The Balaban J connectivity index is 2.28. The molecule has 0 aliphatic carbocycles. The second-order valence-corrected chi connectivity index (χ2v) is 5.20. The van der Waals surface area contributed by atoms with Crippen LogP contribution in [0.3, 0.4) is 0 Å². The molecular formula is C13H16BrN3O. The highest BCUT2D eigenvalue weighted by Crippen LogP contribution is 2.35. The average molecular weight is 310 g/mol. The van der Waals surface area contributed by atoms with Crippen molar-refractivity contribution >= 4 is 15.9 Å². The van der Waals surface area contributed by atoms with E-state index in [9.17, 15) is 5.11 Å². The maximum absolute atomic E-state index is 10.1. The Labute approximate surface area is 115 Å². The molecule has 1 saturated heterocycles. The standard InChI is InChI=1S/C13H16BrN3O/c14-11-3-1-2-10(13(11)18)12(4-5-15)17-8-6-16-7-9-17/h1-3,12,16,18H,4,6-9H2/t12-/m1/s1. The molecule has 0 spiro atoms. The molecule has 1 aliphatic heterocycles. The van der Waals surface area contributed by atoms with Crippen LogP contribution in [0, 0.1) is 11.3 Å². The summed E-state index contributed by atoms with van der Waals surface area (Å²) in [6.07, 6.45) is 0.393. The van der Waals surface area contributed by atoms with Crippen LogP contribution in [-0.4, -0.2) is 36.2 Å². The minimum atomic E-state index is -0.0328. The van der Waals surface area contributed by atoms with Gasteiger partial charge in [0.25, 0.3) is 0 Å². The predicted octanol–water partition coefficient (Wildman–Crippen LogP) is 2.01. The van der Waals surface area contributed by atoms with Crippen molar-refractivity contribution in [1.29, 1.82) is 5.26 Å². The molecule has 1 aromatic carbocycles. The maximum Gasteiger partial charge on any atom is 0.134 e. The minimum absolute atomic E-state index is 0.0328. The lowest BCUT2D eigenvalue weighted by Gasteiger charge is -2.34. The highest BCUT2D eigenvalue weighted by Gasteiger charge is 2.24. The van der Waals surface area contributed by atoms with Crippen molar-refractivity contribution in [3.8, 4) is 11.8 Å². The van der Waals surface area contributed by atoms with Gasteiger partial charge in [-0.3, -0.25) is 4.90 Å². The molecule has 1 aliphatic rings. The molecule has 0 saturated carbocycles. The second-order valence-electron chi connectivity index (χ2n) is 4.34. The summed E-state index contributed by atoms with van der Waals surface area (Å²) < 4.78 is 0.679. The number of benzene rings is 1. The van der Waals surface area contributed by atoms with Gasteiger partial charge in [-0.15, -0.1) is 0 Å². The van der Waals surface area contributed by atoms with Crippen molar-refractivity contribution in [2.45, 2.75) is 12.5 Å². The Morgan fingerprint density at radius 3 is 2.83 bits per heavy atom. The second kappa shape index (κ2) is 6.19. The molecule has 1 fully saturated rings. The Hall–Kier alpha value is -1.09. The van der Waals surface area contributed by atoms with E-state index in [1.165, 1.54) is 0 Å². The van der Waals surface area contributed by atoms with Gasteiger partial charge < -0.3 is 10.4 Å². The van der Waals surface area contributed by atoms with E-state index in [0.29, 0.717) is 10.9 Å². The Kier molecular flexibility index (Phi) is 4.59. The third-order valence-electron chi connectivity index (χ3n) is 3.25. The molecule has 2 N–H and O–H groups in total. The first-order valence-corrected chi connectivity index (χ1v) is 6.82. The predicted molar refractivity (Wildman–Crippen MR) is 73.2 cm³/mol. The summed E-state index contributed by atoms with van der Waals surface area (Å²) in [5.41, 5.74) is 0.827. The normalized spacial score (nSPS) is 18.2. The molecule has 0 amide bonds. The topological polar surface area (TPSA) is 59.3 Å². The maximum atomic E-state index is 10.1. The first-order chi connectivity index (χ1) is 8.74. The van der Waals surface area contributed by atoms with E-state index < -0.39 is 0 Å². The summed E-state index contributed by atoms with van der Waals surface area (Å²) in [5, 5.41) is 22.4. The molecule has 2 rings (SSSR count). The Morgan fingerprint density at radius 1 is 1.44 bits per heavy atom. The number of para-hydroxylation sites is 1. The molecule has 0 aromatic heterocycles. The van der Waals surface area contributed by atoms with E-state index in [2.05, 4.69) is 32.2 Å². The van der Waals surface area contributed by atoms with Crippen LogP contribution in [0.4, 0.5) is 0 Å². The Bertz CT molecular complexity index is 452. The largest absolute Gasteiger partial charge is 0.506 e. The molecule has 1 heterocycles. The van der Waals surface area contributed by atoms with Gasteiger partial charge in [0.05, 0.1) is 23.0 Å². The van der Waals surface area contributed by atoms with Gasteiger partial charge in [-0.25, -0.2) is 0 Å². The van der Waals surface area contributed by atoms with Gasteiger partial charge in [0.1, 0.15) is 5.75 Å². The number of phenols is 1. The van der Waals surface area contributed by atoms with Crippen molar-refractivity contribution in [2.24, 2.45) is 0 Å². The number of hydrogen-bond acceptors (Lipinski definition) is 4. The van der Waals surface area contributed by atoms with Gasteiger partial charge in [-0.05, 0) is 22.0 Å². The zero-order valence-electron chi connectivity index (χ0n) is 10.1. The molecule has 0 radical (unpaired) electrons. The first-order valence-electron chi connectivity index (χ1n) is 6.03. The van der Waals surface area contributed by atoms with Crippen molar-refractivity contribution in [3.63, 3.8) is 0 Å². The SMILES string of the molecule is N#CC[C@H](c1cccc(Br)c1O)N1CCNCC1. The van der Waals surface area contributed by atoms with E-state index in [1.807, 2.05) is 12.1 Å².